The number of benzene rings is 1. The fraction of sp³-hybridized carbons (Fsp3) is 0.533. The lowest BCUT2D eigenvalue weighted by molar-refractivity contribution is 0.0956. The van der Waals surface area contributed by atoms with Crippen molar-refractivity contribution in [3.8, 4) is 0 Å². The second-order valence-corrected chi connectivity index (χ2v) is 4.41. The molecule has 0 heterocycles. The minimum atomic E-state index is -0.0744. The summed E-state index contributed by atoms with van der Waals surface area (Å²) in [6.07, 6.45) is 0. The predicted octanol–water partition coefficient (Wildman–Crippen LogP) is 1.88. The normalized spacial score (nSPS) is 10.3. The van der Waals surface area contributed by atoms with Gasteiger partial charge in [-0.1, -0.05) is 0 Å². The Bertz CT molecular complexity index is 435. The lowest BCUT2D eigenvalue weighted by Crippen LogP contribution is -2.29. The minimum Gasteiger partial charge on any atom is -0.397 e. The van der Waals surface area contributed by atoms with E-state index in [4.69, 9.17) is 10.5 Å². The smallest absolute Gasteiger partial charge is 0.251 e. The molecule has 0 aromatic heterocycles. The Morgan fingerprint density at radius 1 is 1.35 bits per heavy atom. The first kappa shape index (κ1) is 16.3. The third kappa shape index (κ3) is 4.42. The number of anilines is 2. The summed E-state index contributed by atoms with van der Waals surface area (Å²) in [7, 11) is 0. The quantitative estimate of drug-likeness (QED) is 0.563. The highest BCUT2D eigenvalue weighted by molar-refractivity contribution is 5.96. The Balaban J connectivity index is 2.90. The maximum absolute atomic E-state index is 11.9. The van der Waals surface area contributed by atoms with Crippen LogP contribution in [0.3, 0.4) is 0 Å². The van der Waals surface area contributed by atoms with Gasteiger partial charge >= 0.3 is 0 Å². The van der Waals surface area contributed by atoms with E-state index in [0.29, 0.717) is 31.0 Å². The number of rotatable bonds is 8. The van der Waals surface area contributed by atoms with E-state index in [1.807, 2.05) is 19.9 Å². The summed E-state index contributed by atoms with van der Waals surface area (Å²) >= 11 is 0. The highest BCUT2D eigenvalue weighted by Gasteiger charge is 2.12. The van der Waals surface area contributed by atoms with Crippen molar-refractivity contribution in [1.82, 2.24) is 5.32 Å². The molecular formula is C15H25N3O2. The van der Waals surface area contributed by atoms with Crippen molar-refractivity contribution < 1.29 is 9.53 Å². The largest absolute Gasteiger partial charge is 0.397 e. The summed E-state index contributed by atoms with van der Waals surface area (Å²) in [5.74, 6) is -0.0744. The molecule has 3 N–H and O–H groups in total. The van der Waals surface area contributed by atoms with Crippen LogP contribution in [-0.4, -0.2) is 38.8 Å². The van der Waals surface area contributed by atoms with Crippen molar-refractivity contribution in [1.29, 1.82) is 0 Å². The van der Waals surface area contributed by atoms with Crippen molar-refractivity contribution in [2.24, 2.45) is 0 Å². The molecule has 0 unspecified atom stereocenters. The first-order chi connectivity index (χ1) is 9.63. The van der Waals surface area contributed by atoms with Crippen LogP contribution in [0.5, 0.6) is 0 Å². The van der Waals surface area contributed by atoms with E-state index in [-0.39, 0.29) is 5.91 Å². The zero-order valence-electron chi connectivity index (χ0n) is 12.6. The van der Waals surface area contributed by atoms with Gasteiger partial charge in [0, 0.05) is 31.8 Å². The Labute approximate surface area is 121 Å². The summed E-state index contributed by atoms with van der Waals surface area (Å²) in [5.41, 5.74) is 8.22. The minimum absolute atomic E-state index is 0.0744. The first-order valence-corrected chi connectivity index (χ1v) is 7.14. The fourth-order valence-electron chi connectivity index (χ4n) is 1.99. The molecule has 1 rings (SSSR count). The molecule has 0 spiro atoms. The molecule has 0 aliphatic carbocycles. The molecule has 112 valence electrons. The van der Waals surface area contributed by atoms with Gasteiger partial charge in [0.1, 0.15) is 0 Å². The van der Waals surface area contributed by atoms with Gasteiger partial charge in [0.15, 0.2) is 0 Å². The number of likely N-dealkylation sites (N-methyl/N-ethyl adjacent to an activating group) is 1. The lowest BCUT2D eigenvalue weighted by atomic mass is 10.1. The highest BCUT2D eigenvalue weighted by atomic mass is 16.5. The van der Waals surface area contributed by atoms with Gasteiger partial charge in [0.2, 0.25) is 0 Å². The number of nitrogens with zero attached hydrogens (tertiary/aromatic N) is 1. The number of ether oxygens (including phenoxy) is 1. The molecule has 0 atom stereocenters. The number of nitrogens with two attached hydrogens (primary N) is 1. The lowest BCUT2D eigenvalue weighted by Gasteiger charge is -2.25. The Kier molecular flexibility index (Phi) is 6.87. The van der Waals surface area contributed by atoms with Gasteiger partial charge < -0.3 is 20.7 Å². The maximum Gasteiger partial charge on any atom is 0.251 e. The zero-order valence-corrected chi connectivity index (χ0v) is 12.6. The van der Waals surface area contributed by atoms with E-state index < -0.39 is 0 Å². The van der Waals surface area contributed by atoms with Gasteiger partial charge in [-0.25, -0.2) is 0 Å². The van der Waals surface area contributed by atoms with Crippen LogP contribution in [0, 0.1) is 0 Å². The standard InChI is InChI=1S/C15H25N3O2/c1-4-17-15(19)12-7-8-13(16)14(11-12)18(5-2)9-10-20-6-3/h7-8,11H,4-6,9-10,16H2,1-3H3,(H,17,19). The van der Waals surface area contributed by atoms with Crippen LogP contribution >= 0.6 is 0 Å². The van der Waals surface area contributed by atoms with E-state index in [9.17, 15) is 4.79 Å². The van der Waals surface area contributed by atoms with Crippen molar-refractivity contribution >= 4 is 17.3 Å². The molecule has 5 nitrogen and oxygen atoms in total. The highest BCUT2D eigenvalue weighted by Crippen LogP contribution is 2.24. The zero-order chi connectivity index (χ0) is 15.0. The predicted molar refractivity (Wildman–Crippen MR) is 83.2 cm³/mol. The molecule has 0 aliphatic heterocycles. The Morgan fingerprint density at radius 3 is 2.70 bits per heavy atom. The van der Waals surface area contributed by atoms with E-state index in [2.05, 4.69) is 17.1 Å². The second-order valence-electron chi connectivity index (χ2n) is 4.41. The molecule has 1 aromatic rings. The van der Waals surface area contributed by atoms with Crippen LogP contribution in [0.4, 0.5) is 11.4 Å². The monoisotopic (exact) mass is 279 g/mol. The van der Waals surface area contributed by atoms with E-state index >= 15 is 0 Å². The molecule has 0 aliphatic rings. The maximum atomic E-state index is 11.9. The van der Waals surface area contributed by atoms with Gasteiger partial charge in [-0.3, -0.25) is 4.79 Å². The van der Waals surface area contributed by atoms with Gasteiger partial charge in [0.25, 0.3) is 5.91 Å². The number of carbonyl (C=O) groups is 1. The third-order valence-electron chi connectivity index (χ3n) is 3.06. The Hall–Kier alpha value is -1.75. The average molecular weight is 279 g/mol. The van der Waals surface area contributed by atoms with Crippen LogP contribution in [0.2, 0.25) is 0 Å². The van der Waals surface area contributed by atoms with E-state index in [0.717, 1.165) is 18.8 Å². The number of hydrogen-bond donors (Lipinski definition) is 2. The summed E-state index contributed by atoms with van der Waals surface area (Å²) in [4.78, 5) is 14.0. The molecular weight excluding hydrogens is 254 g/mol. The number of nitrogen functional groups attached to an aromatic ring is 1. The van der Waals surface area contributed by atoms with Crippen molar-refractivity contribution in [2.75, 3.05) is 43.5 Å². The van der Waals surface area contributed by atoms with E-state index in [1.54, 1.807) is 12.1 Å². The molecule has 0 fully saturated rings. The van der Waals surface area contributed by atoms with Gasteiger partial charge in [-0.2, -0.15) is 0 Å². The molecule has 0 saturated carbocycles. The second kappa shape index (κ2) is 8.43. The van der Waals surface area contributed by atoms with Crippen LogP contribution in [0.25, 0.3) is 0 Å². The molecule has 0 saturated heterocycles. The summed E-state index contributed by atoms with van der Waals surface area (Å²) in [6.45, 7) is 9.46. The van der Waals surface area contributed by atoms with Crippen LogP contribution in [0.15, 0.2) is 18.2 Å². The summed E-state index contributed by atoms with van der Waals surface area (Å²) < 4.78 is 5.38. The third-order valence-corrected chi connectivity index (χ3v) is 3.06. The van der Waals surface area contributed by atoms with Crippen molar-refractivity contribution in [2.45, 2.75) is 20.8 Å². The molecule has 5 heteroatoms. The van der Waals surface area contributed by atoms with Crippen molar-refractivity contribution in [3.05, 3.63) is 23.8 Å². The van der Waals surface area contributed by atoms with Gasteiger partial charge in [-0.05, 0) is 39.0 Å². The molecule has 20 heavy (non-hydrogen) atoms. The Morgan fingerprint density at radius 2 is 2.10 bits per heavy atom. The van der Waals surface area contributed by atoms with Crippen LogP contribution < -0.4 is 16.0 Å². The van der Waals surface area contributed by atoms with Crippen molar-refractivity contribution in [3.63, 3.8) is 0 Å². The fourth-order valence-corrected chi connectivity index (χ4v) is 1.99. The molecule has 1 aromatic carbocycles. The van der Waals surface area contributed by atoms with Crippen LogP contribution in [-0.2, 0) is 4.74 Å². The molecule has 1 amide bonds. The van der Waals surface area contributed by atoms with Gasteiger partial charge in [-0.15, -0.1) is 0 Å². The van der Waals surface area contributed by atoms with E-state index in [1.165, 1.54) is 0 Å². The average Bonchev–Trinajstić information content (AvgIpc) is 2.45. The molecule has 0 radical (unpaired) electrons. The summed E-state index contributed by atoms with van der Waals surface area (Å²) in [6, 6.07) is 5.37. The molecule has 0 bridgehead atoms. The number of carbonyl (C=O) groups excluding carboxylic acids is 1. The number of amides is 1. The topological polar surface area (TPSA) is 67.6 Å². The summed E-state index contributed by atoms with van der Waals surface area (Å²) in [5, 5.41) is 2.79. The first-order valence-electron chi connectivity index (χ1n) is 7.14. The number of nitrogens with one attached hydrogen (secondary N) is 1. The van der Waals surface area contributed by atoms with Gasteiger partial charge in [0.05, 0.1) is 18.0 Å². The SMILES string of the molecule is CCNC(=O)c1ccc(N)c(N(CC)CCOCC)c1. The number of hydrogen-bond acceptors (Lipinski definition) is 4. The van der Waals surface area contributed by atoms with Crippen LogP contribution in [0.1, 0.15) is 31.1 Å².